The first-order chi connectivity index (χ1) is 16.1. The SMILES string of the molecule is COCC/C(=C\c1ccccc1)C1CC1N[C@H]1CC[C@H](NCC(C)(C)C(=O)OC(C)(C)C)CC1. The highest BCUT2D eigenvalue weighted by Gasteiger charge is 2.41. The van der Waals surface area contributed by atoms with Gasteiger partial charge in [0, 0.05) is 38.4 Å². The molecule has 0 bridgehead atoms. The Morgan fingerprint density at radius 1 is 1.03 bits per heavy atom. The van der Waals surface area contributed by atoms with E-state index in [0.717, 1.165) is 25.9 Å². The van der Waals surface area contributed by atoms with Crippen molar-refractivity contribution in [1.82, 2.24) is 10.6 Å². The fourth-order valence-corrected chi connectivity index (χ4v) is 4.79. The van der Waals surface area contributed by atoms with Gasteiger partial charge < -0.3 is 20.1 Å². The second kappa shape index (κ2) is 11.8. The Bertz CT molecular complexity index is 804. The lowest BCUT2D eigenvalue weighted by atomic mass is 9.88. The van der Waals surface area contributed by atoms with Crippen molar-refractivity contribution in [1.29, 1.82) is 0 Å². The number of ether oxygens (including phenoxy) is 2. The molecule has 0 amide bonds. The number of rotatable bonds is 11. The first-order valence-electron chi connectivity index (χ1n) is 13.0. The van der Waals surface area contributed by atoms with Crippen LogP contribution in [0.1, 0.15) is 78.7 Å². The van der Waals surface area contributed by atoms with Crippen molar-refractivity contribution in [3.8, 4) is 0 Å². The molecule has 0 radical (unpaired) electrons. The molecular formula is C29H46N2O3. The van der Waals surface area contributed by atoms with Crippen LogP contribution in [0.5, 0.6) is 0 Å². The average molecular weight is 471 g/mol. The zero-order chi connectivity index (χ0) is 24.8. The van der Waals surface area contributed by atoms with Crippen molar-refractivity contribution in [3.63, 3.8) is 0 Å². The zero-order valence-electron chi connectivity index (χ0n) is 22.2. The van der Waals surface area contributed by atoms with Crippen LogP contribution in [0.25, 0.3) is 6.08 Å². The Kier molecular flexibility index (Phi) is 9.36. The Hall–Kier alpha value is -1.69. The average Bonchev–Trinajstić information content (AvgIpc) is 3.54. The number of hydrogen-bond acceptors (Lipinski definition) is 5. The number of carbonyl (C=O) groups is 1. The van der Waals surface area contributed by atoms with Gasteiger partial charge in [-0.1, -0.05) is 42.0 Å². The molecule has 0 spiro atoms. The van der Waals surface area contributed by atoms with Gasteiger partial charge in [-0.05, 0) is 84.6 Å². The smallest absolute Gasteiger partial charge is 0.313 e. The normalized spacial score (nSPS) is 25.8. The van der Waals surface area contributed by atoms with Crippen molar-refractivity contribution in [2.45, 2.75) is 96.9 Å². The van der Waals surface area contributed by atoms with E-state index in [2.05, 4.69) is 47.0 Å². The third-order valence-corrected chi connectivity index (χ3v) is 6.97. The van der Waals surface area contributed by atoms with E-state index in [1.807, 2.05) is 34.6 Å². The van der Waals surface area contributed by atoms with E-state index < -0.39 is 11.0 Å². The van der Waals surface area contributed by atoms with Crippen LogP contribution in [-0.4, -0.2) is 50.0 Å². The lowest BCUT2D eigenvalue weighted by Crippen LogP contribution is -2.46. The fraction of sp³-hybridized carbons (Fsp3) is 0.690. The van der Waals surface area contributed by atoms with Crippen LogP contribution in [0, 0.1) is 11.3 Å². The second-order valence-electron chi connectivity index (χ2n) is 11.8. The first-order valence-corrected chi connectivity index (χ1v) is 13.0. The molecule has 5 heteroatoms. The second-order valence-corrected chi connectivity index (χ2v) is 11.8. The van der Waals surface area contributed by atoms with Crippen molar-refractivity contribution in [3.05, 3.63) is 41.5 Å². The molecular weight excluding hydrogens is 424 g/mol. The minimum Gasteiger partial charge on any atom is -0.460 e. The van der Waals surface area contributed by atoms with Gasteiger partial charge in [0.1, 0.15) is 5.60 Å². The molecule has 34 heavy (non-hydrogen) atoms. The minimum atomic E-state index is -0.521. The van der Waals surface area contributed by atoms with Crippen LogP contribution in [0.4, 0.5) is 0 Å². The molecule has 1 aromatic rings. The zero-order valence-corrected chi connectivity index (χ0v) is 22.2. The molecule has 5 nitrogen and oxygen atoms in total. The topological polar surface area (TPSA) is 59.6 Å². The molecule has 2 saturated carbocycles. The predicted molar refractivity (Wildman–Crippen MR) is 140 cm³/mol. The maximum atomic E-state index is 12.5. The van der Waals surface area contributed by atoms with Crippen molar-refractivity contribution < 1.29 is 14.3 Å². The van der Waals surface area contributed by atoms with Gasteiger partial charge in [-0.2, -0.15) is 0 Å². The van der Waals surface area contributed by atoms with Gasteiger partial charge in [-0.3, -0.25) is 4.79 Å². The van der Waals surface area contributed by atoms with Gasteiger partial charge in [-0.25, -0.2) is 0 Å². The van der Waals surface area contributed by atoms with E-state index in [-0.39, 0.29) is 5.97 Å². The number of carbonyl (C=O) groups excluding carboxylic acids is 1. The highest BCUT2D eigenvalue weighted by molar-refractivity contribution is 5.76. The van der Waals surface area contributed by atoms with Gasteiger partial charge in [-0.15, -0.1) is 0 Å². The molecule has 2 atom stereocenters. The molecule has 2 aliphatic carbocycles. The highest BCUT2D eigenvalue weighted by atomic mass is 16.6. The summed E-state index contributed by atoms with van der Waals surface area (Å²) in [4.78, 5) is 12.5. The van der Waals surface area contributed by atoms with E-state index in [4.69, 9.17) is 9.47 Å². The van der Waals surface area contributed by atoms with Crippen molar-refractivity contribution >= 4 is 12.0 Å². The monoisotopic (exact) mass is 470 g/mol. The summed E-state index contributed by atoms with van der Waals surface area (Å²) >= 11 is 0. The van der Waals surface area contributed by atoms with E-state index in [0.29, 0.717) is 30.6 Å². The Balaban J connectivity index is 1.42. The van der Waals surface area contributed by atoms with Crippen LogP contribution >= 0.6 is 0 Å². The summed E-state index contributed by atoms with van der Waals surface area (Å²) in [6.07, 6.45) is 9.25. The molecule has 0 heterocycles. The number of methoxy groups -OCH3 is 1. The number of nitrogens with one attached hydrogen (secondary N) is 2. The van der Waals surface area contributed by atoms with Crippen molar-refractivity contribution in [2.75, 3.05) is 20.3 Å². The van der Waals surface area contributed by atoms with Crippen LogP contribution in [0.15, 0.2) is 35.9 Å². The van der Waals surface area contributed by atoms with Crippen LogP contribution in [0.2, 0.25) is 0 Å². The quantitative estimate of drug-likeness (QED) is 0.427. The predicted octanol–water partition coefficient (Wildman–Crippen LogP) is 5.35. The maximum absolute atomic E-state index is 12.5. The standard InChI is InChI=1S/C29H46N2O3/c1-28(2,3)34-27(32)29(4,5)20-30-23-12-14-24(15-13-23)31-26-19-25(26)22(16-17-33-6)18-21-10-8-7-9-11-21/h7-11,18,23-26,30-31H,12-17,19-20H2,1-6H3/b22-18+/t23-,24-,25?,26?. The molecule has 190 valence electrons. The van der Waals surface area contributed by atoms with Gasteiger partial charge in [0.25, 0.3) is 0 Å². The molecule has 0 saturated heterocycles. The molecule has 2 unspecified atom stereocenters. The van der Waals surface area contributed by atoms with Gasteiger partial charge in [0.2, 0.25) is 0 Å². The Labute approximate surface area is 207 Å². The van der Waals surface area contributed by atoms with E-state index in [1.165, 1.54) is 30.4 Å². The van der Waals surface area contributed by atoms with Crippen LogP contribution in [-0.2, 0) is 14.3 Å². The van der Waals surface area contributed by atoms with E-state index in [1.54, 1.807) is 7.11 Å². The first kappa shape index (κ1) is 26.9. The van der Waals surface area contributed by atoms with E-state index >= 15 is 0 Å². The Morgan fingerprint density at radius 3 is 2.29 bits per heavy atom. The fourth-order valence-electron chi connectivity index (χ4n) is 4.79. The molecule has 3 rings (SSSR count). The highest BCUT2D eigenvalue weighted by Crippen LogP contribution is 2.41. The van der Waals surface area contributed by atoms with Gasteiger partial charge in [0.05, 0.1) is 5.41 Å². The third-order valence-electron chi connectivity index (χ3n) is 6.97. The van der Waals surface area contributed by atoms with Crippen LogP contribution < -0.4 is 10.6 Å². The van der Waals surface area contributed by atoms with E-state index in [9.17, 15) is 4.79 Å². The van der Waals surface area contributed by atoms with Crippen LogP contribution in [0.3, 0.4) is 0 Å². The lowest BCUT2D eigenvalue weighted by Gasteiger charge is -2.33. The maximum Gasteiger partial charge on any atom is 0.313 e. The lowest BCUT2D eigenvalue weighted by molar-refractivity contribution is -0.165. The summed E-state index contributed by atoms with van der Waals surface area (Å²) in [7, 11) is 1.78. The summed E-state index contributed by atoms with van der Waals surface area (Å²) in [5.74, 6) is 0.497. The molecule has 1 aromatic carbocycles. The molecule has 0 aliphatic heterocycles. The van der Waals surface area contributed by atoms with Gasteiger partial charge >= 0.3 is 5.97 Å². The molecule has 2 N–H and O–H groups in total. The van der Waals surface area contributed by atoms with Crippen molar-refractivity contribution in [2.24, 2.45) is 11.3 Å². The third kappa shape index (κ3) is 8.51. The largest absolute Gasteiger partial charge is 0.460 e. The summed E-state index contributed by atoms with van der Waals surface area (Å²) in [5, 5.41) is 7.58. The molecule has 2 aliphatic rings. The summed E-state index contributed by atoms with van der Waals surface area (Å²) < 4.78 is 11.0. The summed E-state index contributed by atoms with van der Waals surface area (Å²) in [6, 6.07) is 12.3. The Morgan fingerprint density at radius 2 is 1.68 bits per heavy atom. The number of benzene rings is 1. The molecule has 0 aromatic heterocycles. The number of esters is 1. The van der Waals surface area contributed by atoms with Gasteiger partial charge in [0.15, 0.2) is 0 Å². The minimum absolute atomic E-state index is 0.129. The number of hydrogen-bond donors (Lipinski definition) is 2. The summed E-state index contributed by atoms with van der Waals surface area (Å²) in [6.45, 7) is 11.1. The molecule has 2 fully saturated rings. The summed E-state index contributed by atoms with van der Waals surface area (Å²) in [5.41, 5.74) is 1.82.